The van der Waals surface area contributed by atoms with E-state index in [4.69, 9.17) is 10.1 Å². The summed E-state index contributed by atoms with van der Waals surface area (Å²) in [6.45, 7) is 9.97. The molecular formula is C11H22N2O2. The van der Waals surface area contributed by atoms with E-state index in [2.05, 4.69) is 4.98 Å². The molecule has 0 aliphatic heterocycles. The van der Waals surface area contributed by atoms with Gasteiger partial charge in [-0.05, 0) is 19.1 Å². The first kappa shape index (κ1) is 19.2. The molecule has 4 nitrogen and oxygen atoms in total. The van der Waals surface area contributed by atoms with Crippen LogP contribution in [0.15, 0.2) is 24.4 Å². The topological polar surface area (TPSA) is 56.0 Å². The summed E-state index contributed by atoms with van der Waals surface area (Å²) in [7, 11) is 0.889. The Morgan fingerprint density at radius 2 is 1.60 bits per heavy atom. The number of aryl methyl sites for hydroxylation is 1. The molecule has 0 N–H and O–H groups in total. The fourth-order valence-electron chi connectivity index (χ4n) is 0.448. The molecule has 4 heteroatoms. The molecule has 0 saturated carbocycles. The monoisotopic (exact) mass is 214 g/mol. The minimum absolute atomic E-state index is 0.500. The Kier molecular flexibility index (Phi) is 23.5. The fourth-order valence-corrected chi connectivity index (χ4v) is 0.448. The van der Waals surface area contributed by atoms with Crippen molar-refractivity contribution < 1.29 is 4.92 Å². The molecule has 0 aromatic carbocycles. The highest BCUT2D eigenvalue weighted by Crippen LogP contribution is 1.85. The van der Waals surface area contributed by atoms with Gasteiger partial charge in [0.2, 0.25) is 0 Å². The molecule has 88 valence electrons. The summed E-state index contributed by atoms with van der Waals surface area (Å²) in [6, 6.07) is 5.86. The first-order valence-electron chi connectivity index (χ1n) is 5.08. The second-order valence-corrected chi connectivity index (χ2v) is 1.91. The highest BCUT2D eigenvalue weighted by atomic mass is 16.6. The quantitative estimate of drug-likeness (QED) is 0.491. The number of nitrogens with zero attached hydrogens (tertiary/aromatic N) is 2. The van der Waals surface area contributed by atoms with Gasteiger partial charge in [0.1, 0.15) is 0 Å². The van der Waals surface area contributed by atoms with E-state index in [0.29, 0.717) is 0 Å². The lowest BCUT2D eigenvalue weighted by atomic mass is 10.4. The lowest BCUT2D eigenvalue weighted by molar-refractivity contribution is -0.445. The number of nitro groups is 1. The molecule has 0 atom stereocenters. The third-order valence-electron chi connectivity index (χ3n) is 0.813. The predicted molar refractivity (Wildman–Crippen MR) is 64.6 cm³/mol. The molecule has 1 rings (SSSR count). The summed E-state index contributed by atoms with van der Waals surface area (Å²) in [4.78, 5) is 12.3. The van der Waals surface area contributed by atoms with Gasteiger partial charge in [0.25, 0.3) is 0 Å². The molecule has 0 bridgehead atoms. The Labute approximate surface area is 92.5 Å². The minimum Gasteiger partial charge on any atom is -0.265 e. The van der Waals surface area contributed by atoms with Crippen molar-refractivity contribution in [2.45, 2.75) is 34.6 Å². The van der Waals surface area contributed by atoms with Crippen molar-refractivity contribution in [3.8, 4) is 0 Å². The van der Waals surface area contributed by atoms with E-state index in [9.17, 15) is 0 Å². The largest absolute Gasteiger partial charge is 0.265 e. The van der Waals surface area contributed by atoms with Crippen LogP contribution >= 0.6 is 0 Å². The zero-order valence-corrected chi connectivity index (χ0v) is 10.5. The molecule has 0 amide bonds. The normalized spacial score (nSPS) is 6.53. The summed E-state index contributed by atoms with van der Waals surface area (Å²) in [5, 5.41) is 8.81. The Morgan fingerprint density at radius 1 is 1.20 bits per heavy atom. The molecule has 0 unspecified atom stereocenters. The second kappa shape index (κ2) is 18.4. The molecule has 1 heterocycles. The maximum Gasteiger partial charge on any atom is 0.194 e. The number of pyridine rings is 1. The third kappa shape index (κ3) is 32.6. The zero-order chi connectivity index (χ0) is 12.7. The van der Waals surface area contributed by atoms with Gasteiger partial charge in [-0.25, -0.2) is 0 Å². The van der Waals surface area contributed by atoms with Gasteiger partial charge in [0.15, 0.2) is 7.05 Å². The number of hydrogen-bond acceptors (Lipinski definition) is 3. The van der Waals surface area contributed by atoms with Gasteiger partial charge in [0, 0.05) is 16.8 Å². The van der Waals surface area contributed by atoms with Crippen molar-refractivity contribution in [1.29, 1.82) is 0 Å². The standard InChI is InChI=1S/C6H7N.2C2H6.CH3NO2/c1-6-4-2-3-5-7-6;2*1-2;1-2(3)4/h2-5H,1H3;2*1-2H3;1H3. The average molecular weight is 214 g/mol. The van der Waals surface area contributed by atoms with Crippen molar-refractivity contribution in [2.75, 3.05) is 7.05 Å². The van der Waals surface area contributed by atoms with Crippen LogP contribution in [0.1, 0.15) is 33.4 Å². The van der Waals surface area contributed by atoms with Gasteiger partial charge in [-0.15, -0.1) is 0 Å². The summed E-state index contributed by atoms with van der Waals surface area (Å²) in [6.07, 6.45) is 1.79. The maximum atomic E-state index is 8.81. The van der Waals surface area contributed by atoms with Gasteiger partial charge in [-0.3, -0.25) is 15.1 Å². The van der Waals surface area contributed by atoms with Crippen LogP contribution in [0.25, 0.3) is 0 Å². The van der Waals surface area contributed by atoms with Crippen LogP contribution < -0.4 is 0 Å². The average Bonchev–Trinajstić information content (AvgIpc) is 2.24. The van der Waals surface area contributed by atoms with Crippen molar-refractivity contribution in [2.24, 2.45) is 0 Å². The van der Waals surface area contributed by atoms with Gasteiger partial charge >= 0.3 is 0 Å². The minimum atomic E-state index is -0.500. The van der Waals surface area contributed by atoms with Gasteiger partial charge < -0.3 is 0 Å². The van der Waals surface area contributed by atoms with E-state index < -0.39 is 4.92 Å². The van der Waals surface area contributed by atoms with E-state index in [1.165, 1.54) is 0 Å². The summed E-state index contributed by atoms with van der Waals surface area (Å²) in [5.74, 6) is 0. The highest BCUT2D eigenvalue weighted by molar-refractivity contribution is 4.99. The van der Waals surface area contributed by atoms with Crippen LogP contribution in [-0.4, -0.2) is 17.0 Å². The van der Waals surface area contributed by atoms with Crippen LogP contribution in [0.2, 0.25) is 0 Å². The van der Waals surface area contributed by atoms with Gasteiger partial charge in [-0.2, -0.15) is 0 Å². The molecule has 0 spiro atoms. The van der Waals surface area contributed by atoms with Crippen LogP contribution in [0.5, 0.6) is 0 Å². The lowest BCUT2D eigenvalue weighted by Crippen LogP contribution is -1.79. The smallest absolute Gasteiger partial charge is 0.194 e. The van der Waals surface area contributed by atoms with Crippen molar-refractivity contribution in [3.05, 3.63) is 40.2 Å². The predicted octanol–water partition coefficient (Wildman–Crippen LogP) is 3.34. The van der Waals surface area contributed by atoms with Crippen LogP contribution in [0, 0.1) is 17.0 Å². The number of rotatable bonds is 0. The van der Waals surface area contributed by atoms with E-state index in [0.717, 1.165) is 12.7 Å². The Morgan fingerprint density at radius 3 is 1.73 bits per heavy atom. The van der Waals surface area contributed by atoms with Crippen LogP contribution in [-0.2, 0) is 0 Å². The summed E-state index contributed by atoms with van der Waals surface area (Å²) in [5.41, 5.74) is 1.07. The van der Waals surface area contributed by atoms with E-state index in [-0.39, 0.29) is 0 Å². The SMILES string of the molecule is CC.CC.C[N+](=O)[O-].Cc1ccccn1. The molecule has 0 aliphatic carbocycles. The van der Waals surface area contributed by atoms with Gasteiger partial charge in [-0.1, -0.05) is 33.8 Å². The molecule has 1 aromatic rings. The van der Waals surface area contributed by atoms with Gasteiger partial charge in [0.05, 0.1) is 0 Å². The third-order valence-corrected chi connectivity index (χ3v) is 0.813. The molecule has 0 radical (unpaired) electrons. The van der Waals surface area contributed by atoms with E-state index >= 15 is 0 Å². The first-order chi connectivity index (χ1) is 7.13. The molecule has 0 saturated heterocycles. The fraction of sp³-hybridized carbons (Fsp3) is 0.545. The molecule has 0 fully saturated rings. The summed E-state index contributed by atoms with van der Waals surface area (Å²) < 4.78 is 0. The van der Waals surface area contributed by atoms with E-state index in [1.54, 1.807) is 6.20 Å². The Balaban J connectivity index is -0.000000156. The maximum absolute atomic E-state index is 8.81. The van der Waals surface area contributed by atoms with E-state index in [1.807, 2.05) is 52.8 Å². The van der Waals surface area contributed by atoms with Crippen molar-refractivity contribution >= 4 is 0 Å². The molecule has 1 aromatic heterocycles. The Bertz CT molecular complexity index is 209. The molecule has 0 aliphatic rings. The second-order valence-electron chi connectivity index (χ2n) is 1.91. The Hall–Kier alpha value is -1.45. The molecule has 15 heavy (non-hydrogen) atoms. The molecular weight excluding hydrogens is 192 g/mol. The van der Waals surface area contributed by atoms with Crippen molar-refractivity contribution in [3.63, 3.8) is 0 Å². The first-order valence-corrected chi connectivity index (χ1v) is 5.08. The van der Waals surface area contributed by atoms with Crippen molar-refractivity contribution in [1.82, 2.24) is 4.98 Å². The lowest BCUT2D eigenvalue weighted by Gasteiger charge is -1.82. The zero-order valence-electron chi connectivity index (χ0n) is 10.5. The highest BCUT2D eigenvalue weighted by Gasteiger charge is 1.73. The van der Waals surface area contributed by atoms with Crippen LogP contribution in [0.4, 0.5) is 0 Å². The summed E-state index contributed by atoms with van der Waals surface area (Å²) >= 11 is 0. The number of aromatic nitrogens is 1. The number of hydrogen-bond donors (Lipinski definition) is 0. The van der Waals surface area contributed by atoms with Crippen LogP contribution in [0.3, 0.4) is 0 Å².